The molecule has 0 aromatic carbocycles. The molecule has 0 radical (unpaired) electrons. The Morgan fingerprint density at radius 2 is 2.44 bits per heavy atom. The molecule has 0 aliphatic heterocycles. The molecule has 6 nitrogen and oxygen atoms in total. The van der Waals surface area contributed by atoms with Crippen LogP contribution in [0.25, 0.3) is 0 Å². The van der Waals surface area contributed by atoms with E-state index < -0.39 is 5.97 Å². The van der Waals surface area contributed by atoms with Crippen molar-refractivity contribution in [2.75, 3.05) is 13.1 Å². The van der Waals surface area contributed by atoms with Crippen molar-refractivity contribution in [1.82, 2.24) is 20.3 Å². The van der Waals surface area contributed by atoms with E-state index in [0.29, 0.717) is 6.54 Å². The molecule has 1 aliphatic rings. The van der Waals surface area contributed by atoms with Gasteiger partial charge in [0.2, 0.25) is 0 Å². The average molecular weight is 252 g/mol. The van der Waals surface area contributed by atoms with E-state index in [1.807, 2.05) is 0 Å². The van der Waals surface area contributed by atoms with E-state index in [1.54, 1.807) is 4.68 Å². The highest BCUT2D eigenvalue weighted by atomic mass is 16.4. The molecule has 0 saturated heterocycles. The van der Waals surface area contributed by atoms with Crippen molar-refractivity contribution in [3.05, 3.63) is 11.9 Å². The Morgan fingerprint density at radius 3 is 3.06 bits per heavy atom. The zero-order valence-corrected chi connectivity index (χ0v) is 10.7. The third-order valence-electron chi connectivity index (χ3n) is 3.51. The molecule has 1 heterocycles. The molecule has 2 unspecified atom stereocenters. The van der Waals surface area contributed by atoms with E-state index in [0.717, 1.165) is 24.9 Å². The molecule has 1 aliphatic carbocycles. The van der Waals surface area contributed by atoms with Crippen LogP contribution in [0.3, 0.4) is 0 Å². The van der Waals surface area contributed by atoms with Crippen molar-refractivity contribution >= 4 is 5.97 Å². The van der Waals surface area contributed by atoms with Crippen LogP contribution in [-0.2, 0) is 6.54 Å². The van der Waals surface area contributed by atoms with Gasteiger partial charge in [-0.3, -0.25) is 4.68 Å². The fourth-order valence-electron chi connectivity index (χ4n) is 2.52. The van der Waals surface area contributed by atoms with Crippen LogP contribution in [-0.4, -0.2) is 39.2 Å². The fourth-order valence-corrected chi connectivity index (χ4v) is 2.52. The molecule has 0 bridgehead atoms. The van der Waals surface area contributed by atoms with Crippen molar-refractivity contribution in [1.29, 1.82) is 0 Å². The van der Waals surface area contributed by atoms with Gasteiger partial charge >= 0.3 is 5.97 Å². The normalized spacial score (nSPS) is 23.4. The quantitative estimate of drug-likeness (QED) is 0.738. The Balaban J connectivity index is 1.64. The zero-order valence-electron chi connectivity index (χ0n) is 10.7. The van der Waals surface area contributed by atoms with Gasteiger partial charge < -0.3 is 10.4 Å². The minimum atomic E-state index is -1.03. The molecule has 2 rings (SSSR count). The lowest BCUT2D eigenvalue weighted by Gasteiger charge is -2.10. The van der Waals surface area contributed by atoms with Gasteiger partial charge in [-0.2, -0.15) is 0 Å². The molecule has 1 saturated carbocycles. The molecular formula is C12H20N4O2. The van der Waals surface area contributed by atoms with E-state index >= 15 is 0 Å². The highest BCUT2D eigenvalue weighted by Gasteiger charge is 2.20. The monoisotopic (exact) mass is 252 g/mol. The summed E-state index contributed by atoms with van der Waals surface area (Å²) in [4.78, 5) is 10.6. The summed E-state index contributed by atoms with van der Waals surface area (Å²) in [6.07, 6.45) is 5.44. The highest BCUT2D eigenvalue weighted by Crippen LogP contribution is 2.29. The van der Waals surface area contributed by atoms with Crippen LogP contribution < -0.4 is 5.32 Å². The number of aromatic nitrogens is 3. The standard InChI is InChI=1S/C12H20N4O2/c1-9-2-3-10(6-9)7-13-4-5-16-8-11(12(17)18)14-15-16/h8-10,13H,2-7H2,1H3,(H,17,18). The van der Waals surface area contributed by atoms with E-state index in [4.69, 9.17) is 5.11 Å². The van der Waals surface area contributed by atoms with Crippen molar-refractivity contribution < 1.29 is 9.90 Å². The van der Waals surface area contributed by atoms with E-state index in [1.165, 1.54) is 25.5 Å². The largest absolute Gasteiger partial charge is 0.476 e. The van der Waals surface area contributed by atoms with E-state index in [9.17, 15) is 4.79 Å². The highest BCUT2D eigenvalue weighted by molar-refractivity contribution is 5.84. The maximum absolute atomic E-state index is 10.6. The van der Waals surface area contributed by atoms with Crippen LogP contribution in [0.15, 0.2) is 6.20 Å². The minimum Gasteiger partial charge on any atom is -0.476 e. The first kappa shape index (κ1) is 13.0. The van der Waals surface area contributed by atoms with Crippen LogP contribution >= 0.6 is 0 Å². The van der Waals surface area contributed by atoms with Gasteiger partial charge in [0, 0.05) is 6.54 Å². The van der Waals surface area contributed by atoms with Crippen LogP contribution in [0.4, 0.5) is 0 Å². The summed E-state index contributed by atoms with van der Waals surface area (Å²) in [5.74, 6) is 0.629. The van der Waals surface area contributed by atoms with Gasteiger partial charge in [0.25, 0.3) is 0 Å². The third kappa shape index (κ3) is 3.53. The number of nitrogens with zero attached hydrogens (tertiary/aromatic N) is 3. The molecule has 6 heteroatoms. The number of rotatable bonds is 6. The predicted molar refractivity (Wildman–Crippen MR) is 66.4 cm³/mol. The van der Waals surface area contributed by atoms with Crippen LogP contribution in [0.1, 0.15) is 36.7 Å². The maximum atomic E-state index is 10.6. The van der Waals surface area contributed by atoms with Gasteiger partial charge in [-0.15, -0.1) is 5.10 Å². The summed E-state index contributed by atoms with van der Waals surface area (Å²) in [5.41, 5.74) is -0.000354. The van der Waals surface area contributed by atoms with Gasteiger partial charge in [0.05, 0.1) is 12.7 Å². The molecular weight excluding hydrogens is 232 g/mol. The Bertz CT molecular complexity index is 405. The second kappa shape index (κ2) is 5.95. The Hall–Kier alpha value is -1.43. The zero-order chi connectivity index (χ0) is 13.0. The first-order valence-electron chi connectivity index (χ1n) is 6.49. The molecule has 0 spiro atoms. The van der Waals surface area contributed by atoms with Crippen molar-refractivity contribution in [2.24, 2.45) is 11.8 Å². The Kier molecular flexibility index (Phi) is 4.30. The maximum Gasteiger partial charge on any atom is 0.358 e. The fraction of sp³-hybridized carbons (Fsp3) is 0.750. The number of nitrogens with one attached hydrogen (secondary N) is 1. The number of hydrogen-bond donors (Lipinski definition) is 2. The van der Waals surface area contributed by atoms with Gasteiger partial charge in [-0.25, -0.2) is 4.79 Å². The first-order chi connectivity index (χ1) is 8.65. The molecule has 100 valence electrons. The molecule has 1 aromatic heterocycles. The summed E-state index contributed by atoms with van der Waals surface area (Å²) in [6.45, 7) is 4.81. The van der Waals surface area contributed by atoms with Crippen LogP contribution in [0.5, 0.6) is 0 Å². The lowest BCUT2D eigenvalue weighted by Crippen LogP contribution is -2.25. The number of hydrogen-bond acceptors (Lipinski definition) is 4. The lowest BCUT2D eigenvalue weighted by atomic mass is 10.1. The molecule has 2 N–H and O–H groups in total. The van der Waals surface area contributed by atoms with Crippen LogP contribution in [0.2, 0.25) is 0 Å². The van der Waals surface area contributed by atoms with Gasteiger partial charge in [-0.05, 0) is 31.2 Å². The number of aromatic carboxylic acids is 1. The second-order valence-corrected chi connectivity index (χ2v) is 5.16. The summed E-state index contributed by atoms with van der Waals surface area (Å²) in [5, 5.41) is 19.4. The molecule has 1 aromatic rings. The second-order valence-electron chi connectivity index (χ2n) is 5.16. The average Bonchev–Trinajstić information content (AvgIpc) is 2.93. The lowest BCUT2D eigenvalue weighted by molar-refractivity contribution is 0.0690. The van der Waals surface area contributed by atoms with Gasteiger partial charge in [-0.1, -0.05) is 18.6 Å². The SMILES string of the molecule is CC1CCC(CNCCn2cc(C(=O)O)nn2)C1. The number of carboxylic acids is 1. The summed E-state index contributed by atoms with van der Waals surface area (Å²) < 4.78 is 1.56. The van der Waals surface area contributed by atoms with Crippen molar-refractivity contribution in [2.45, 2.75) is 32.7 Å². The predicted octanol–water partition coefficient (Wildman–Crippen LogP) is 1.00. The third-order valence-corrected chi connectivity index (χ3v) is 3.51. The summed E-state index contributed by atoms with van der Waals surface area (Å²) in [6, 6.07) is 0. The minimum absolute atomic E-state index is 0.000354. The smallest absolute Gasteiger partial charge is 0.358 e. The van der Waals surface area contributed by atoms with E-state index in [-0.39, 0.29) is 5.69 Å². The molecule has 18 heavy (non-hydrogen) atoms. The molecule has 1 fully saturated rings. The topological polar surface area (TPSA) is 80.0 Å². The summed E-state index contributed by atoms with van der Waals surface area (Å²) >= 11 is 0. The first-order valence-corrected chi connectivity index (χ1v) is 6.49. The van der Waals surface area contributed by atoms with Gasteiger partial charge in [0.1, 0.15) is 0 Å². The number of carbonyl (C=O) groups is 1. The van der Waals surface area contributed by atoms with E-state index in [2.05, 4.69) is 22.6 Å². The van der Waals surface area contributed by atoms with Crippen LogP contribution in [0, 0.1) is 11.8 Å². The summed E-state index contributed by atoms with van der Waals surface area (Å²) in [7, 11) is 0. The Morgan fingerprint density at radius 1 is 1.61 bits per heavy atom. The molecule has 2 atom stereocenters. The van der Waals surface area contributed by atoms with Crippen molar-refractivity contribution in [3.8, 4) is 0 Å². The Labute approximate surface area is 106 Å². The molecule has 0 amide bonds. The number of carboxylic acid groups (broad SMARTS) is 1. The van der Waals surface area contributed by atoms with Gasteiger partial charge in [0.15, 0.2) is 5.69 Å². The van der Waals surface area contributed by atoms with Crippen molar-refractivity contribution in [3.63, 3.8) is 0 Å².